The Morgan fingerprint density at radius 3 is 2.43 bits per heavy atom. The van der Waals surface area contributed by atoms with Gasteiger partial charge in [0.05, 0.1) is 13.1 Å². The van der Waals surface area contributed by atoms with E-state index in [1.54, 1.807) is 11.0 Å². The number of amides is 1. The molecule has 0 radical (unpaired) electrons. The molecule has 2 aromatic rings. The van der Waals surface area contributed by atoms with Crippen LogP contribution in [0.4, 0.5) is 23.4 Å². The second-order valence-electron chi connectivity index (χ2n) is 10.3. The number of alkyl halides is 4. The smallest absolute Gasteiger partial charge is 0.282 e. The Morgan fingerprint density at radius 1 is 1.20 bits per heavy atom. The Kier molecular flexibility index (Phi) is 6.67. The molecule has 12 heteroatoms. The van der Waals surface area contributed by atoms with E-state index in [1.807, 2.05) is 20.8 Å². The zero-order chi connectivity index (χ0) is 25.5. The number of hydrogen-bond acceptors (Lipinski definition) is 6. The Morgan fingerprint density at radius 2 is 1.86 bits per heavy atom. The summed E-state index contributed by atoms with van der Waals surface area (Å²) in [5.74, 6) is -2.12. The zero-order valence-corrected chi connectivity index (χ0v) is 20.2. The average molecular weight is 499 g/mol. The Bertz CT molecular complexity index is 1070. The maximum absolute atomic E-state index is 13.5. The number of nitrogens with zero attached hydrogens (tertiary/aromatic N) is 5. The van der Waals surface area contributed by atoms with Crippen LogP contribution in [0.2, 0.25) is 0 Å². The van der Waals surface area contributed by atoms with Crippen molar-refractivity contribution >= 4 is 11.7 Å². The molecular weight excluding hydrogens is 468 g/mol. The molecule has 1 N–H and O–H groups in total. The average Bonchev–Trinajstić information content (AvgIpc) is 3.13. The fraction of sp³-hybridized carbons (Fsp3) is 0.652. The molecule has 35 heavy (non-hydrogen) atoms. The van der Waals surface area contributed by atoms with Gasteiger partial charge in [-0.15, -0.1) is 0 Å². The van der Waals surface area contributed by atoms with E-state index in [4.69, 9.17) is 4.74 Å². The summed E-state index contributed by atoms with van der Waals surface area (Å²) in [6.45, 7) is 7.84. The summed E-state index contributed by atoms with van der Waals surface area (Å²) in [7, 11) is 0. The molecule has 8 nitrogen and oxygen atoms in total. The standard InChI is InChI=1S/C23H30F4N6O2/c1-13-10-33(31-18(13)19(24)25)21-29-16(28-14-5-7-23(26,27)8-6-14)9-17(30-21)35-15-11-32(12-15)20(34)22(2,3)4/h9-10,14-15,19H,5-8,11-12H2,1-4H3,(H,28,29,30). The van der Waals surface area contributed by atoms with E-state index in [1.165, 1.54) is 13.1 Å². The monoisotopic (exact) mass is 498 g/mol. The Labute approximate surface area is 201 Å². The molecule has 1 aliphatic carbocycles. The molecule has 1 amide bonds. The van der Waals surface area contributed by atoms with Gasteiger partial charge in [0.15, 0.2) is 0 Å². The normalized spacial score (nSPS) is 19.1. The minimum absolute atomic E-state index is 0.0167. The predicted octanol–water partition coefficient (Wildman–Crippen LogP) is 4.53. The Balaban J connectivity index is 1.54. The molecule has 0 spiro atoms. The molecule has 4 rings (SSSR count). The number of carbonyl (C=O) groups is 1. The van der Waals surface area contributed by atoms with Gasteiger partial charge in [0.25, 0.3) is 12.4 Å². The first kappa shape index (κ1) is 25.2. The van der Waals surface area contributed by atoms with E-state index in [0.717, 1.165) is 4.68 Å². The van der Waals surface area contributed by atoms with Gasteiger partial charge in [-0.3, -0.25) is 4.79 Å². The van der Waals surface area contributed by atoms with E-state index in [0.29, 0.717) is 18.9 Å². The maximum atomic E-state index is 13.5. The van der Waals surface area contributed by atoms with Crippen molar-refractivity contribution in [1.82, 2.24) is 24.6 Å². The van der Waals surface area contributed by atoms with E-state index in [2.05, 4.69) is 20.4 Å². The second-order valence-corrected chi connectivity index (χ2v) is 10.3. The second kappa shape index (κ2) is 9.27. The lowest BCUT2D eigenvalue weighted by molar-refractivity contribution is -0.148. The number of aromatic nitrogens is 4. The number of hydrogen-bond donors (Lipinski definition) is 1. The minimum atomic E-state index is -2.75. The summed E-state index contributed by atoms with van der Waals surface area (Å²) in [4.78, 5) is 22.8. The highest BCUT2D eigenvalue weighted by atomic mass is 19.3. The number of anilines is 1. The van der Waals surface area contributed by atoms with Crippen molar-refractivity contribution in [2.75, 3.05) is 18.4 Å². The summed E-state index contributed by atoms with van der Waals surface area (Å²) < 4.78 is 60.7. The van der Waals surface area contributed by atoms with Crippen LogP contribution in [0.5, 0.6) is 5.88 Å². The fourth-order valence-electron chi connectivity index (χ4n) is 4.16. The highest BCUT2D eigenvalue weighted by Crippen LogP contribution is 2.34. The molecule has 2 aliphatic rings. The van der Waals surface area contributed by atoms with Gasteiger partial charge in [-0.1, -0.05) is 20.8 Å². The van der Waals surface area contributed by atoms with Gasteiger partial charge < -0.3 is 15.0 Å². The molecule has 3 heterocycles. The number of aryl methyl sites for hydroxylation is 1. The number of halogens is 4. The van der Waals surface area contributed by atoms with Gasteiger partial charge >= 0.3 is 0 Å². The summed E-state index contributed by atoms with van der Waals surface area (Å²) in [6.07, 6.45) is -1.54. The first-order valence-electron chi connectivity index (χ1n) is 11.6. The van der Waals surface area contributed by atoms with Crippen molar-refractivity contribution in [3.05, 3.63) is 23.5 Å². The number of rotatable bonds is 6. The van der Waals surface area contributed by atoms with Crippen LogP contribution in [0, 0.1) is 12.3 Å². The number of ether oxygens (including phenoxy) is 1. The van der Waals surface area contributed by atoms with Gasteiger partial charge in [-0.25, -0.2) is 22.2 Å². The van der Waals surface area contributed by atoms with Crippen molar-refractivity contribution in [3.8, 4) is 11.8 Å². The van der Waals surface area contributed by atoms with E-state index in [9.17, 15) is 22.4 Å². The third kappa shape index (κ3) is 5.84. The third-order valence-corrected chi connectivity index (χ3v) is 6.17. The first-order chi connectivity index (χ1) is 16.3. The SMILES string of the molecule is Cc1cn(-c2nc(NC3CCC(F)(F)CC3)cc(OC3CN(C(=O)C(C)(C)C)C3)n2)nc1C(F)F. The largest absolute Gasteiger partial charge is 0.470 e. The molecule has 1 aliphatic heterocycles. The molecule has 2 aromatic heterocycles. The van der Waals surface area contributed by atoms with E-state index < -0.39 is 17.8 Å². The van der Waals surface area contributed by atoms with Crippen LogP contribution in [0.15, 0.2) is 12.3 Å². The summed E-state index contributed by atoms with van der Waals surface area (Å²) >= 11 is 0. The molecule has 192 valence electrons. The number of nitrogens with one attached hydrogen (secondary N) is 1. The fourth-order valence-corrected chi connectivity index (χ4v) is 4.16. The third-order valence-electron chi connectivity index (χ3n) is 6.17. The highest BCUT2D eigenvalue weighted by molar-refractivity contribution is 5.82. The first-order valence-corrected chi connectivity index (χ1v) is 11.6. The van der Waals surface area contributed by atoms with Gasteiger partial charge in [-0.05, 0) is 25.3 Å². The van der Waals surface area contributed by atoms with E-state index >= 15 is 0 Å². The molecule has 0 atom stereocenters. The van der Waals surface area contributed by atoms with Gasteiger partial charge in [0, 0.05) is 36.6 Å². The molecule has 2 fully saturated rings. The van der Waals surface area contributed by atoms with Gasteiger partial charge in [0.2, 0.25) is 17.7 Å². The molecule has 0 unspecified atom stereocenters. The van der Waals surface area contributed by atoms with E-state index in [-0.39, 0.29) is 66.8 Å². The van der Waals surface area contributed by atoms with Crippen molar-refractivity contribution in [2.45, 2.75) is 77.9 Å². The van der Waals surface area contributed by atoms with Crippen LogP contribution in [-0.2, 0) is 4.79 Å². The lowest BCUT2D eigenvalue weighted by Crippen LogP contribution is -2.58. The predicted molar refractivity (Wildman–Crippen MR) is 120 cm³/mol. The molecule has 1 saturated heterocycles. The Hall–Kier alpha value is -2.92. The molecular formula is C23H30F4N6O2. The van der Waals surface area contributed by atoms with Crippen molar-refractivity contribution in [3.63, 3.8) is 0 Å². The van der Waals surface area contributed by atoms with Crippen molar-refractivity contribution < 1.29 is 27.1 Å². The summed E-state index contributed by atoms with van der Waals surface area (Å²) in [5.41, 5.74) is -0.588. The summed E-state index contributed by atoms with van der Waals surface area (Å²) in [6, 6.07) is 1.33. The molecule has 0 bridgehead atoms. The van der Waals surface area contributed by atoms with Gasteiger partial charge in [-0.2, -0.15) is 15.1 Å². The van der Waals surface area contributed by atoms with Crippen LogP contribution in [0.1, 0.15) is 64.1 Å². The minimum Gasteiger partial charge on any atom is -0.470 e. The number of likely N-dealkylation sites (tertiary alicyclic amines) is 1. The topological polar surface area (TPSA) is 85.2 Å². The van der Waals surface area contributed by atoms with Gasteiger partial charge in [0.1, 0.15) is 17.6 Å². The van der Waals surface area contributed by atoms with Crippen LogP contribution in [-0.4, -0.2) is 61.7 Å². The maximum Gasteiger partial charge on any atom is 0.282 e. The summed E-state index contributed by atoms with van der Waals surface area (Å²) in [5, 5.41) is 7.06. The van der Waals surface area contributed by atoms with Crippen LogP contribution < -0.4 is 10.1 Å². The van der Waals surface area contributed by atoms with Crippen LogP contribution in [0.3, 0.4) is 0 Å². The lowest BCUT2D eigenvalue weighted by atomic mass is 9.92. The number of carbonyl (C=O) groups excluding carboxylic acids is 1. The highest BCUT2D eigenvalue weighted by Gasteiger charge is 2.38. The lowest BCUT2D eigenvalue weighted by Gasteiger charge is -2.41. The molecule has 0 aromatic carbocycles. The zero-order valence-electron chi connectivity index (χ0n) is 20.2. The van der Waals surface area contributed by atoms with Crippen molar-refractivity contribution in [2.24, 2.45) is 5.41 Å². The quantitative estimate of drug-likeness (QED) is 0.589. The van der Waals surface area contributed by atoms with Crippen LogP contribution in [0.25, 0.3) is 5.95 Å². The molecule has 1 saturated carbocycles. The van der Waals surface area contributed by atoms with Crippen molar-refractivity contribution in [1.29, 1.82) is 0 Å². The van der Waals surface area contributed by atoms with Crippen LogP contribution >= 0.6 is 0 Å².